The lowest BCUT2D eigenvalue weighted by Gasteiger charge is -2.24. The number of anilines is 1. The van der Waals surface area contributed by atoms with Crippen LogP contribution >= 0.6 is 0 Å². The fourth-order valence-electron chi connectivity index (χ4n) is 3.12. The molecule has 2 aromatic carbocycles. The van der Waals surface area contributed by atoms with Crippen molar-refractivity contribution in [3.63, 3.8) is 0 Å². The number of nitrogens with zero attached hydrogens (tertiary/aromatic N) is 1. The topological polar surface area (TPSA) is 70.7 Å². The number of para-hydroxylation sites is 2. The van der Waals surface area contributed by atoms with Crippen molar-refractivity contribution in [2.24, 2.45) is 0 Å². The minimum atomic E-state index is -0.476. The molecule has 136 valence electrons. The molecule has 0 bridgehead atoms. The van der Waals surface area contributed by atoms with Crippen LogP contribution in [0.3, 0.4) is 0 Å². The summed E-state index contributed by atoms with van der Waals surface area (Å²) >= 11 is 0. The van der Waals surface area contributed by atoms with E-state index in [0.717, 1.165) is 12.0 Å². The number of hydrogen-bond acceptors (Lipinski definition) is 3. The minimum Gasteiger partial charge on any atom is -0.495 e. The number of benzene rings is 2. The van der Waals surface area contributed by atoms with Gasteiger partial charge in [-0.3, -0.25) is 4.79 Å². The molecule has 1 saturated heterocycles. The maximum absolute atomic E-state index is 12.7. The number of methoxy groups -OCH3 is 1. The van der Waals surface area contributed by atoms with Crippen LogP contribution in [0.1, 0.15) is 18.4 Å². The molecule has 0 unspecified atom stereocenters. The Bertz CT molecular complexity index is 764. The molecule has 1 aliphatic rings. The minimum absolute atomic E-state index is 0.193. The number of ether oxygens (including phenoxy) is 1. The van der Waals surface area contributed by atoms with Gasteiger partial charge in [0.05, 0.1) is 12.8 Å². The van der Waals surface area contributed by atoms with Crippen molar-refractivity contribution in [1.82, 2.24) is 10.2 Å². The van der Waals surface area contributed by atoms with Crippen LogP contribution in [-0.4, -0.2) is 36.5 Å². The zero-order chi connectivity index (χ0) is 18.4. The van der Waals surface area contributed by atoms with Gasteiger partial charge in [-0.25, -0.2) is 4.79 Å². The Morgan fingerprint density at radius 2 is 1.85 bits per heavy atom. The number of carbonyl (C=O) groups is 2. The van der Waals surface area contributed by atoms with Crippen molar-refractivity contribution < 1.29 is 14.3 Å². The largest absolute Gasteiger partial charge is 0.495 e. The van der Waals surface area contributed by atoms with E-state index in [1.54, 1.807) is 24.1 Å². The highest BCUT2D eigenvalue weighted by molar-refractivity contribution is 5.98. The fraction of sp³-hybridized carbons (Fsp3) is 0.300. The van der Waals surface area contributed by atoms with E-state index in [2.05, 4.69) is 10.6 Å². The molecule has 0 aliphatic carbocycles. The van der Waals surface area contributed by atoms with Gasteiger partial charge in [-0.15, -0.1) is 0 Å². The van der Waals surface area contributed by atoms with Gasteiger partial charge in [0.25, 0.3) is 0 Å². The number of hydrogen-bond donors (Lipinski definition) is 2. The lowest BCUT2D eigenvalue weighted by Crippen LogP contribution is -2.47. The average Bonchev–Trinajstić information content (AvgIpc) is 3.17. The number of likely N-dealkylation sites (tertiary alicyclic amines) is 1. The van der Waals surface area contributed by atoms with Crippen LogP contribution in [-0.2, 0) is 11.3 Å². The van der Waals surface area contributed by atoms with E-state index in [1.807, 2.05) is 42.5 Å². The van der Waals surface area contributed by atoms with Crippen LogP contribution in [0.4, 0.5) is 10.5 Å². The quantitative estimate of drug-likeness (QED) is 0.868. The van der Waals surface area contributed by atoms with Crippen LogP contribution in [0.5, 0.6) is 5.75 Å². The summed E-state index contributed by atoms with van der Waals surface area (Å²) in [6.07, 6.45) is 1.46. The summed E-state index contributed by atoms with van der Waals surface area (Å²) in [4.78, 5) is 26.8. The Labute approximate surface area is 153 Å². The van der Waals surface area contributed by atoms with Gasteiger partial charge in [0.1, 0.15) is 11.8 Å². The molecule has 3 rings (SSSR count). The Hall–Kier alpha value is -3.02. The molecule has 1 atom stereocenters. The molecule has 0 radical (unpaired) electrons. The predicted octanol–water partition coefficient (Wildman–Crippen LogP) is 3.01. The Kier molecular flexibility index (Phi) is 5.73. The summed E-state index contributed by atoms with van der Waals surface area (Å²) in [5, 5.41) is 5.77. The van der Waals surface area contributed by atoms with Crippen LogP contribution in [0.2, 0.25) is 0 Å². The van der Waals surface area contributed by atoms with Crippen molar-refractivity contribution in [3.8, 4) is 5.75 Å². The number of urea groups is 1. The highest BCUT2D eigenvalue weighted by atomic mass is 16.5. The van der Waals surface area contributed by atoms with Gasteiger partial charge in [-0.2, -0.15) is 0 Å². The molecule has 6 heteroatoms. The molecule has 2 aromatic rings. The van der Waals surface area contributed by atoms with Gasteiger partial charge in [-0.1, -0.05) is 42.5 Å². The Morgan fingerprint density at radius 3 is 2.62 bits per heavy atom. The summed E-state index contributed by atoms with van der Waals surface area (Å²) in [6.45, 7) is 1.02. The maximum atomic E-state index is 12.7. The molecule has 0 spiro atoms. The number of amides is 3. The smallest absolute Gasteiger partial charge is 0.318 e. The van der Waals surface area contributed by atoms with Crippen molar-refractivity contribution in [3.05, 3.63) is 60.2 Å². The second-order valence-corrected chi connectivity index (χ2v) is 6.19. The molecular formula is C20H23N3O3. The van der Waals surface area contributed by atoms with Crippen LogP contribution in [0.15, 0.2) is 54.6 Å². The Balaban J connectivity index is 1.61. The molecule has 6 nitrogen and oxygen atoms in total. The summed E-state index contributed by atoms with van der Waals surface area (Å²) in [6, 6.07) is 16.3. The maximum Gasteiger partial charge on any atom is 0.318 e. The third-order valence-electron chi connectivity index (χ3n) is 4.47. The third kappa shape index (κ3) is 4.14. The first-order chi connectivity index (χ1) is 12.7. The van der Waals surface area contributed by atoms with Crippen molar-refractivity contribution in [2.75, 3.05) is 19.0 Å². The standard InChI is InChI=1S/C20H23N3O3/c1-26-18-12-6-5-10-16(18)22-19(24)17-11-7-13-23(17)20(25)21-14-15-8-3-2-4-9-15/h2-6,8-10,12,17H,7,11,13-14H2,1H3,(H,21,25)(H,22,24)/t17-/m0/s1. The van der Waals surface area contributed by atoms with Crippen LogP contribution < -0.4 is 15.4 Å². The van der Waals surface area contributed by atoms with Gasteiger partial charge >= 0.3 is 6.03 Å². The van der Waals surface area contributed by atoms with E-state index in [9.17, 15) is 9.59 Å². The third-order valence-corrected chi connectivity index (χ3v) is 4.47. The SMILES string of the molecule is COc1ccccc1NC(=O)[C@@H]1CCCN1C(=O)NCc1ccccc1. The van der Waals surface area contributed by atoms with Crippen LogP contribution in [0, 0.1) is 0 Å². The fourth-order valence-corrected chi connectivity index (χ4v) is 3.12. The van der Waals surface area contributed by atoms with Gasteiger partial charge in [0.15, 0.2) is 0 Å². The molecule has 0 saturated carbocycles. The number of nitrogens with one attached hydrogen (secondary N) is 2. The lowest BCUT2D eigenvalue weighted by molar-refractivity contribution is -0.119. The van der Waals surface area contributed by atoms with E-state index in [4.69, 9.17) is 4.74 Å². The number of rotatable bonds is 5. The molecule has 26 heavy (non-hydrogen) atoms. The van der Waals surface area contributed by atoms with E-state index in [1.165, 1.54) is 0 Å². The van der Waals surface area contributed by atoms with Crippen molar-refractivity contribution in [2.45, 2.75) is 25.4 Å². The molecule has 1 fully saturated rings. The highest BCUT2D eigenvalue weighted by Crippen LogP contribution is 2.25. The highest BCUT2D eigenvalue weighted by Gasteiger charge is 2.34. The van der Waals surface area contributed by atoms with Gasteiger partial charge < -0.3 is 20.3 Å². The van der Waals surface area contributed by atoms with Crippen LogP contribution in [0.25, 0.3) is 0 Å². The molecule has 1 aliphatic heterocycles. The molecule has 3 amide bonds. The van der Waals surface area contributed by atoms with E-state index < -0.39 is 6.04 Å². The Morgan fingerprint density at radius 1 is 1.12 bits per heavy atom. The van der Waals surface area contributed by atoms with Gasteiger partial charge in [-0.05, 0) is 30.5 Å². The lowest BCUT2D eigenvalue weighted by atomic mass is 10.2. The summed E-state index contributed by atoms with van der Waals surface area (Å²) in [5.41, 5.74) is 1.63. The first-order valence-corrected chi connectivity index (χ1v) is 8.71. The van der Waals surface area contributed by atoms with Gasteiger partial charge in [0.2, 0.25) is 5.91 Å². The molecule has 1 heterocycles. The second kappa shape index (κ2) is 8.38. The van der Waals surface area contributed by atoms with E-state index in [0.29, 0.717) is 30.9 Å². The summed E-state index contributed by atoms with van der Waals surface area (Å²) in [5.74, 6) is 0.404. The number of carbonyl (C=O) groups excluding carboxylic acids is 2. The second-order valence-electron chi connectivity index (χ2n) is 6.19. The van der Waals surface area contributed by atoms with E-state index >= 15 is 0 Å². The van der Waals surface area contributed by atoms with E-state index in [-0.39, 0.29) is 11.9 Å². The monoisotopic (exact) mass is 353 g/mol. The first-order valence-electron chi connectivity index (χ1n) is 8.71. The first kappa shape index (κ1) is 17.8. The van der Waals surface area contributed by atoms with Crippen molar-refractivity contribution in [1.29, 1.82) is 0 Å². The summed E-state index contributed by atoms with van der Waals surface area (Å²) < 4.78 is 5.26. The van der Waals surface area contributed by atoms with Gasteiger partial charge in [0, 0.05) is 13.1 Å². The van der Waals surface area contributed by atoms with Crippen molar-refractivity contribution >= 4 is 17.6 Å². The normalized spacial score (nSPS) is 16.2. The zero-order valence-electron chi connectivity index (χ0n) is 14.8. The average molecular weight is 353 g/mol. The molecular weight excluding hydrogens is 330 g/mol. The molecule has 2 N–H and O–H groups in total. The summed E-state index contributed by atoms with van der Waals surface area (Å²) in [7, 11) is 1.56. The predicted molar refractivity (Wildman–Crippen MR) is 100 cm³/mol. The zero-order valence-corrected chi connectivity index (χ0v) is 14.8. The molecule has 0 aromatic heterocycles.